The molecule has 0 unspecified atom stereocenters. The van der Waals surface area contributed by atoms with E-state index < -0.39 is 0 Å². The molecule has 1 aromatic rings. The maximum Gasteiger partial charge on any atom is 0.212 e. The lowest BCUT2D eigenvalue weighted by atomic mass is 10.1. The standard InChI is InChI=1S/C11H16N2O/c1-3-4-5-10(12)9-6-7-11(14-2)13-8-9/h3,6-8,10H,1,4-5,12H2,2H3/t10-/m0/s1. The number of rotatable bonds is 5. The molecular weight excluding hydrogens is 176 g/mol. The first-order valence-corrected chi connectivity index (χ1v) is 4.64. The quantitative estimate of drug-likeness (QED) is 0.726. The number of hydrogen-bond acceptors (Lipinski definition) is 3. The number of aromatic nitrogens is 1. The van der Waals surface area contributed by atoms with Crippen molar-refractivity contribution in [3.05, 3.63) is 36.5 Å². The summed E-state index contributed by atoms with van der Waals surface area (Å²) in [6.45, 7) is 3.66. The lowest BCUT2D eigenvalue weighted by molar-refractivity contribution is 0.397. The Morgan fingerprint density at radius 1 is 1.64 bits per heavy atom. The highest BCUT2D eigenvalue weighted by Crippen LogP contribution is 2.16. The van der Waals surface area contributed by atoms with Crippen LogP contribution in [0, 0.1) is 0 Å². The molecule has 0 radical (unpaired) electrons. The highest BCUT2D eigenvalue weighted by atomic mass is 16.5. The maximum atomic E-state index is 5.94. The molecule has 1 heterocycles. The molecule has 0 amide bonds. The van der Waals surface area contributed by atoms with E-state index in [9.17, 15) is 0 Å². The molecule has 0 aliphatic carbocycles. The molecular formula is C11H16N2O. The third-order valence-corrected chi connectivity index (χ3v) is 2.08. The van der Waals surface area contributed by atoms with Gasteiger partial charge in [-0.2, -0.15) is 0 Å². The fourth-order valence-electron chi connectivity index (χ4n) is 1.20. The van der Waals surface area contributed by atoms with Crippen LogP contribution in [0.25, 0.3) is 0 Å². The molecule has 1 aromatic heterocycles. The zero-order valence-electron chi connectivity index (χ0n) is 8.44. The van der Waals surface area contributed by atoms with E-state index >= 15 is 0 Å². The summed E-state index contributed by atoms with van der Waals surface area (Å²) in [5.41, 5.74) is 6.98. The summed E-state index contributed by atoms with van der Waals surface area (Å²) >= 11 is 0. The second-order valence-electron chi connectivity index (χ2n) is 3.11. The fraction of sp³-hybridized carbons (Fsp3) is 0.364. The van der Waals surface area contributed by atoms with Gasteiger partial charge >= 0.3 is 0 Å². The molecule has 0 saturated carbocycles. The Balaban J connectivity index is 2.61. The van der Waals surface area contributed by atoms with Gasteiger partial charge in [-0.3, -0.25) is 0 Å². The van der Waals surface area contributed by atoms with Crippen LogP contribution in [-0.2, 0) is 0 Å². The lowest BCUT2D eigenvalue weighted by Crippen LogP contribution is -2.10. The van der Waals surface area contributed by atoms with Crippen molar-refractivity contribution in [3.8, 4) is 5.88 Å². The zero-order valence-corrected chi connectivity index (χ0v) is 8.44. The van der Waals surface area contributed by atoms with Gasteiger partial charge in [0, 0.05) is 18.3 Å². The summed E-state index contributed by atoms with van der Waals surface area (Å²) in [6, 6.07) is 3.80. The Kier molecular flexibility index (Phi) is 4.13. The van der Waals surface area contributed by atoms with Crippen LogP contribution in [0.5, 0.6) is 5.88 Å². The molecule has 0 aliphatic rings. The van der Waals surface area contributed by atoms with Crippen molar-refractivity contribution in [3.63, 3.8) is 0 Å². The van der Waals surface area contributed by atoms with Gasteiger partial charge < -0.3 is 10.5 Å². The molecule has 76 valence electrons. The van der Waals surface area contributed by atoms with Gasteiger partial charge in [0.15, 0.2) is 0 Å². The largest absolute Gasteiger partial charge is 0.481 e. The van der Waals surface area contributed by atoms with E-state index in [0.29, 0.717) is 5.88 Å². The smallest absolute Gasteiger partial charge is 0.212 e. The van der Waals surface area contributed by atoms with Crippen LogP contribution in [0.15, 0.2) is 31.0 Å². The molecule has 0 fully saturated rings. The molecule has 0 saturated heterocycles. The van der Waals surface area contributed by atoms with E-state index in [0.717, 1.165) is 18.4 Å². The van der Waals surface area contributed by atoms with Crippen molar-refractivity contribution in [2.45, 2.75) is 18.9 Å². The van der Waals surface area contributed by atoms with Crippen molar-refractivity contribution in [1.82, 2.24) is 4.98 Å². The van der Waals surface area contributed by atoms with E-state index in [4.69, 9.17) is 10.5 Å². The van der Waals surface area contributed by atoms with Crippen molar-refractivity contribution in [2.75, 3.05) is 7.11 Å². The van der Waals surface area contributed by atoms with Gasteiger partial charge in [0.25, 0.3) is 0 Å². The molecule has 3 nitrogen and oxygen atoms in total. The Morgan fingerprint density at radius 2 is 2.43 bits per heavy atom. The highest BCUT2D eigenvalue weighted by molar-refractivity contribution is 5.20. The molecule has 3 heteroatoms. The van der Waals surface area contributed by atoms with Gasteiger partial charge in [0.2, 0.25) is 5.88 Å². The van der Waals surface area contributed by atoms with Crippen molar-refractivity contribution >= 4 is 0 Å². The summed E-state index contributed by atoms with van der Waals surface area (Å²) < 4.78 is 4.96. The normalized spacial score (nSPS) is 12.1. The Hall–Kier alpha value is -1.35. The van der Waals surface area contributed by atoms with E-state index in [-0.39, 0.29) is 6.04 Å². The zero-order chi connectivity index (χ0) is 10.4. The number of nitrogens with zero attached hydrogens (tertiary/aromatic N) is 1. The van der Waals surface area contributed by atoms with Crippen LogP contribution in [-0.4, -0.2) is 12.1 Å². The monoisotopic (exact) mass is 192 g/mol. The van der Waals surface area contributed by atoms with E-state index in [1.807, 2.05) is 18.2 Å². The summed E-state index contributed by atoms with van der Waals surface area (Å²) in [5.74, 6) is 0.615. The average molecular weight is 192 g/mol. The van der Waals surface area contributed by atoms with Crippen LogP contribution < -0.4 is 10.5 Å². The van der Waals surface area contributed by atoms with Crippen molar-refractivity contribution < 1.29 is 4.74 Å². The first-order chi connectivity index (χ1) is 6.77. The number of nitrogens with two attached hydrogens (primary N) is 1. The number of allylic oxidation sites excluding steroid dienone is 1. The summed E-state index contributed by atoms with van der Waals surface area (Å²) in [6.07, 6.45) is 5.45. The van der Waals surface area contributed by atoms with E-state index in [2.05, 4.69) is 11.6 Å². The number of pyridine rings is 1. The minimum Gasteiger partial charge on any atom is -0.481 e. The van der Waals surface area contributed by atoms with Gasteiger partial charge in [-0.1, -0.05) is 12.1 Å². The lowest BCUT2D eigenvalue weighted by Gasteiger charge is -2.10. The third kappa shape index (κ3) is 2.85. The van der Waals surface area contributed by atoms with Crippen LogP contribution >= 0.6 is 0 Å². The molecule has 0 bridgehead atoms. The Bertz CT molecular complexity index is 282. The van der Waals surface area contributed by atoms with Crippen LogP contribution in [0.4, 0.5) is 0 Å². The van der Waals surface area contributed by atoms with Crippen LogP contribution in [0.3, 0.4) is 0 Å². The molecule has 0 aliphatic heterocycles. The Morgan fingerprint density at radius 3 is 2.93 bits per heavy atom. The number of methoxy groups -OCH3 is 1. The van der Waals surface area contributed by atoms with Crippen LogP contribution in [0.1, 0.15) is 24.4 Å². The van der Waals surface area contributed by atoms with E-state index in [1.54, 1.807) is 13.3 Å². The van der Waals surface area contributed by atoms with Crippen molar-refractivity contribution in [2.24, 2.45) is 5.73 Å². The third-order valence-electron chi connectivity index (χ3n) is 2.08. The first kappa shape index (κ1) is 10.7. The number of hydrogen-bond donors (Lipinski definition) is 1. The minimum atomic E-state index is 0.0337. The SMILES string of the molecule is C=CCC[C@H](N)c1ccc(OC)nc1. The molecule has 14 heavy (non-hydrogen) atoms. The van der Waals surface area contributed by atoms with Gasteiger partial charge in [0.05, 0.1) is 7.11 Å². The second-order valence-corrected chi connectivity index (χ2v) is 3.11. The predicted octanol–water partition coefficient (Wildman–Crippen LogP) is 2.06. The maximum absolute atomic E-state index is 5.94. The molecule has 0 aromatic carbocycles. The summed E-state index contributed by atoms with van der Waals surface area (Å²) in [4.78, 5) is 4.10. The summed E-state index contributed by atoms with van der Waals surface area (Å²) in [5, 5.41) is 0. The topological polar surface area (TPSA) is 48.1 Å². The molecule has 1 atom stereocenters. The Labute approximate surface area is 84.6 Å². The van der Waals surface area contributed by atoms with Crippen LogP contribution in [0.2, 0.25) is 0 Å². The van der Waals surface area contributed by atoms with Gasteiger partial charge in [0.1, 0.15) is 0 Å². The molecule has 0 spiro atoms. The van der Waals surface area contributed by atoms with Gasteiger partial charge in [-0.25, -0.2) is 4.98 Å². The van der Waals surface area contributed by atoms with E-state index in [1.165, 1.54) is 0 Å². The average Bonchev–Trinajstić information content (AvgIpc) is 2.26. The second kappa shape index (κ2) is 5.40. The van der Waals surface area contributed by atoms with Crippen molar-refractivity contribution in [1.29, 1.82) is 0 Å². The number of ether oxygens (including phenoxy) is 1. The molecule has 2 N–H and O–H groups in total. The van der Waals surface area contributed by atoms with Gasteiger partial charge in [-0.05, 0) is 18.4 Å². The summed E-state index contributed by atoms with van der Waals surface area (Å²) in [7, 11) is 1.60. The predicted molar refractivity (Wildman–Crippen MR) is 57.1 cm³/mol. The van der Waals surface area contributed by atoms with Gasteiger partial charge in [-0.15, -0.1) is 6.58 Å². The fourth-order valence-corrected chi connectivity index (χ4v) is 1.20. The minimum absolute atomic E-state index is 0.0337. The molecule has 1 rings (SSSR count). The highest BCUT2D eigenvalue weighted by Gasteiger charge is 2.05. The first-order valence-electron chi connectivity index (χ1n) is 4.64.